The molecule has 0 saturated heterocycles. The number of anilines is 1. The van der Waals surface area contributed by atoms with Gasteiger partial charge in [0.1, 0.15) is 5.82 Å². The molecule has 0 fully saturated rings. The second-order valence-corrected chi connectivity index (χ2v) is 4.91. The molecule has 1 unspecified atom stereocenters. The summed E-state index contributed by atoms with van der Waals surface area (Å²) in [5, 5.41) is 12.6. The van der Waals surface area contributed by atoms with Crippen molar-refractivity contribution < 1.29 is 14.3 Å². The molecule has 0 aliphatic carbocycles. The predicted molar refractivity (Wildman–Crippen MR) is 79.3 cm³/mol. The number of aliphatic hydroxyl groups excluding tert-OH is 1. The molecule has 110 valence electrons. The lowest BCUT2D eigenvalue weighted by Gasteiger charge is -2.13. The first-order valence-electron chi connectivity index (χ1n) is 6.54. The van der Waals surface area contributed by atoms with Gasteiger partial charge in [-0.3, -0.25) is 4.79 Å². The van der Waals surface area contributed by atoms with Crippen LogP contribution in [0.4, 0.5) is 10.1 Å². The van der Waals surface area contributed by atoms with E-state index in [-0.39, 0.29) is 12.1 Å². The second kappa shape index (κ2) is 6.37. The van der Waals surface area contributed by atoms with E-state index in [1.807, 2.05) is 0 Å². The Morgan fingerprint density at radius 3 is 2.57 bits per heavy atom. The molecule has 2 rings (SSSR count). The summed E-state index contributed by atoms with van der Waals surface area (Å²) < 4.78 is 13.2. The summed E-state index contributed by atoms with van der Waals surface area (Å²) in [5.41, 5.74) is 7.72. The Kier molecular flexibility index (Phi) is 4.55. The predicted octanol–water partition coefficient (Wildman–Crippen LogP) is 2.18. The topological polar surface area (TPSA) is 75.3 Å². The van der Waals surface area contributed by atoms with Crippen LogP contribution < -0.4 is 11.1 Å². The molecule has 0 spiro atoms. The number of amides is 1. The number of rotatable bonds is 4. The fourth-order valence-corrected chi connectivity index (χ4v) is 1.99. The number of carbonyl (C=O) groups excluding carboxylic acids is 1. The van der Waals surface area contributed by atoms with Crippen LogP contribution in [-0.2, 0) is 0 Å². The van der Waals surface area contributed by atoms with Gasteiger partial charge in [0.05, 0.1) is 6.10 Å². The number of aryl methyl sites for hydroxylation is 1. The minimum absolute atomic E-state index is 0.0400. The highest BCUT2D eigenvalue weighted by atomic mass is 19.1. The van der Waals surface area contributed by atoms with Gasteiger partial charge in [0.2, 0.25) is 0 Å². The molecule has 1 atom stereocenters. The van der Waals surface area contributed by atoms with Gasteiger partial charge in [-0.25, -0.2) is 4.39 Å². The van der Waals surface area contributed by atoms with Crippen molar-refractivity contribution in [3.05, 3.63) is 65.0 Å². The molecule has 4 N–H and O–H groups in total. The van der Waals surface area contributed by atoms with E-state index < -0.39 is 17.8 Å². The summed E-state index contributed by atoms with van der Waals surface area (Å²) >= 11 is 0. The van der Waals surface area contributed by atoms with Gasteiger partial charge < -0.3 is 16.2 Å². The van der Waals surface area contributed by atoms with Crippen molar-refractivity contribution in [2.75, 3.05) is 12.3 Å². The molecule has 0 bridgehead atoms. The molecule has 5 heteroatoms. The highest BCUT2D eigenvalue weighted by Gasteiger charge is 2.12. The monoisotopic (exact) mass is 288 g/mol. The number of halogens is 1. The first kappa shape index (κ1) is 15.0. The first-order valence-corrected chi connectivity index (χ1v) is 6.54. The highest BCUT2D eigenvalue weighted by Crippen LogP contribution is 2.14. The third-order valence-corrected chi connectivity index (χ3v) is 3.08. The molecule has 21 heavy (non-hydrogen) atoms. The fourth-order valence-electron chi connectivity index (χ4n) is 1.99. The largest absolute Gasteiger partial charge is 0.399 e. The lowest BCUT2D eigenvalue weighted by atomic mass is 10.1. The van der Waals surface area contributed by atoms with E-state index in [0.29, 0.717) is 16.8 Å². The SMILES string of the molecule is Cc1cc(F)cc(C(=O)NCC(O)c2ccc(N)cc2)c1. The maximum Gasteiger partial charge on any atom is 0.251 e. The van der Waals surface area contributed by atoms with E-state index in [2.05, 4.69) is 5.32 Å². The Hall–Kier alpha value is -2.40. The third kappa shape index (κ3) is 4.03. The molecule has 2 aromatic carbocycles. The molecular weight excluding hydrogens is 271 g/mol. The van der Waals surface area contributed by atoms with Crippen LogP contribution in [0, 0.1) is 12.7 Å². The molecule has 0 aliphatic rings. The van der Waals surface area contributed by atoms with Crippen LogP contribution in [0.3, 0.4) is 0 Å². The van der Waals surface area contributed by atoms with Gasteiger partial charge in [0.15, 0.2) is 0 Å². The summed E-state index contributed by atoms with van der Waals surface area (Å²) in [5.74, 6) is -0.883. The summed E-state index contributed by atoms with van der Waals surface area (Å²) in [6.45, 7) is 1.75. The van der Waals surface area contributed by atoms with Crippen LogP contribution >= 0.6 is 0 Å². The molecule has 0 aliphatic heterocycles. The van der Waals surface area contributed by atoms with E-state index in [1.54, 1.807) is 37.3 Å². The number of benzene rings is 2. The average molecular weight is 288 g/mol. The fraction of sp³-hybridized carbons (Fsp3) is 0.188. The van der Waals surface area contributed by atoms with Gasteiger partial charge in [-0.1, -0.05) is 12.1 Å². The van der Waals surface area contributed by atoms with Crippen molar-refractivity contribution in [3.63, 3.8) is 0 Å². The Balaban J connectivity index is 1.98. The van der Waals surface area contributed by atoms with Gasteiger partial charge >= 0.3 is 0 Å². The Labute approximate surface area is 122 Å². The molecular formula is C16H17FN2O2. The van der Waals surface area contributed by atoms with Crippen molar-refractivity contribution in [2.45, 2.75) is 13.0 Å². The minimum Gasteiger partial charge on any atom is -0.399 e. The van der Waals surface area contributed by atoms with E-state index in [0.717, 1.165) is 6.07 Å². The molecule has 1 amide bonds. The summed E-state index contributed by atoms with van der Waals surface area (Å²) in [7, 11) is 0. The lowest BCUT2D eigenvalue weighted by molar-refractivity contribution is 0.0916. The molecule has 0 aromatic heterocycles. The number of hydrogen-bond donors (Lipinski definition) is 3. The van der Waals surface area contributed by atoms with Gasteiger partial charge in [0.25, 0.3) is 5.91 Å². The zero-order valence-electron chi connectivity index (χ0n) is 11.6. The number of nitrogen functional groups attached to an aromatic ring is 1. The lowest BCUT2D eigenvalue weighted by Crippen LogP contribution is -2.28. The maximum atomic E-state index is 13.2. The van der Waals surface area contributed by atoms with Gasteiger partial charge in [0, 0.05) is 17.8 Å². The second-order valence-electron chi connectivity index (χ2n) is 4.91. The molecule has 0 saturated carbocycles. The van der Waals surface area contributed by atoms with E-state index in [4.69, 9.17) is 5.73 Å². The van der Waals surface area contributed by atoms with Crippen molar-refractivity contribution in [1.29, 1.82) is 0 Å². The standard InChI is InChI=1S/C16H17FN2O2/c1-10-6-12(8-13(17)7-10)16(21)19-9-15(20)11-2-4-14(18)5-3-11/h2-8,15,20H,9,18H2,1H3,(H,19,21). The zero-order chi connectivity index (χ0) is 15.4. The van der Waals surface area contributed by atoms with Crippen LogP contribution in [0.1, 0.15) is 27.6 Å². The number of hydrogen-bond acceptors (Lipinski definition) is 3. The van der Waals surface area contributed by atoms with E-state index >= 15 is 0 Å². The quantitative estimate of drug-likeness (QED) is 0.755. The van der Waals surface area contributed by atoms with Gasteiger partial charge in [-0.2, -0.15) is 0 Å². The van der Waals surface area contributed by atoms with Gasteiger partial charge in [-0.15, -0.1) is 0 Å². The summed E-state index contributed by atoms with van der Waals surface area (Å²) in [6.07, 6.45) is -0.843. The Morgan fingerprint density at radius 2 is 1.95 bits per heavy atom. The zero-order valence-corrected chi connectivity index (χ0v) is 11.6. The Morgan fingerprint density at radius 1 is 1.29 bits per heavy atom. The van der Waals surface area contributed by atoms with Crippen molar-refractivity contribution in [1.82, 2.24) is 5.32 Å². The van der Waals surface area contributed by atoms with Crippen LogP contribution in [-0.4, -0.2) is 17.6 Å². The summed E-state index contributed by atoms with van der Waals surface area (Å²) in [4.78, 5) is 11.9. The molecule has 0 heterocycles. The maximum absolute atomic E-state index is 13.2. The summed E-state index contributed by atoms with van der Waals surface area (Å²) in [6, 6.07) is 10.8. The normalized spacial score (nSPS) is 12.0. The van der Waals surface area contributed by atoms with Gasteiger partial charge in [-0.05, 0) is 48.4 Å². The van der Waals surface area contributed by atoms with Crippen LogP contribution in [0.5, 0.6) is 0 Å². The third-order valence-electron chi connectivity index (χ3n) is 3.08. The smallest absolute Gasteiger partial charge is 0.251 e. The first-order chi connectivity index (χ1) is 9.95. The van der Waals surface area contributed by atoms with Crippen LogP contribution in [0.25, 0.3) is 0 Å². The van der Waals surface area contributed by atoms with Crippen molar-refractivity contribution >= 4 is 11.6 Å². The van der Waals surface area contributed by atoms with Crippen molar-refractivity contribution in [2.24, 2.45) is 0 Å². The van der Waals surface area contributed by atoms with E-state index in [1.165, 1.54) is 6.07 Å². The minimum atomic E-state index is -0.843. The van der Waals surface area contributed by atoms with Crippen LogP contribution in [0.2, 0.25) is 0 Å². The highest BCUT2D eigenvalue weighted by molar-refractivity contribution is 5.94. The number of nitrogens with one attached hydrogen (secondary N) is 1. The number of carbonyl (C=O) groups is 1. The van der Waals surface area contributed by atoms with Crippen LogP contribution in [0.15, 0.2) is 42.5 Å². The molecule has 0 radical (unpaired) electrons. The number of aliphatic hydroxyl groups is 1. The Bertz CT molecular complexity index is 621. The van der Waals surface area contributed by atoms with Crippen molar-refractivity contribution in [3.8, 4) is 0 Å². The molecule has 2 aromatic rings. The van der Waals surface area contributed by atoms with E-state index in [9.17, 15) is 14.3 Å². The molecule has 4 nitrogen and oxygen atoms in total. The number of nitrogens with two attached hydrogens (primary N) is 1. The average Bonchev–Trinajstić information content (AvgIpc) is 2.44.